The first-order valence-electron chi connectivity index (χ1n) is 8.66. The molecule has 0 unspecified atom stereocenters. The molecule has 27 heavy (non-hydrogen) atoms. The summed E-state index contributed by atoms with van der Waals surface area (Å²) >= 11 is 0. The van der Waals surface area contributed by atoms with E-state index in [1.165, 1.54) is 0 Å². The lowest BCUT2D eigenvalue weighted by molar-refractivity contribution is 0.174. The number of rotatable bonds is 2. The van der Waals surface area contributed by atoms with E-state index in [2.05, 4.69) is 12.1 Å². The molecule has 0 amide bonds. The molecular weight excluding hydrogens is 346 g/mol. The third-order valence-corrected chi connectivity index (χ3v) is 5.33. The van der Waals surface area contributed by atoms with E-state index >= 15 is 0 Å². The molecule has 138 valence electrons. The predicted octanol–water partition coefficient (Wildman–Crippen LogP) is 3.69. The molecule has 5 rings (SSSR count). The van der Waals surface area contributed by atoms with Gasteiger partial charge in [-0.05, 0) is 35.2 Å². The Bertz CT molecular complexity index is 1080. The Morgan fingerprint density at radius 1 is 0.963 bits per heavy atom. The van der Waals surface area contributed by atoms with Gasteiger partial charge >= 0.3 is 0 Å². The SMILES string of the molecule is COc1cc2c(cc1OC)[C@H](O)N(C)c1c-2ccc2cc3c(cc12)OCO3. The number of fused-ring (bicyclic) bond motifs is 6. The lowest BCUT2D eigenvalue weighted by Gasteiger charge is -2.36. The Morgan fingerprint density at radius 3 is 2.41 bits per heavy atom. The highest BCUT2D eigenvalue weighted by atomic mass is 16.7. The van der Waals surface area contributed by atoms with Crippen LogP contribution in [-0.4, -0.2) is 33.2 Å². The summed E-state index contributed by atoms with van der Waals surface area (Å²) in [4.78, 5) is 1.87. The lowest BCUT2D eigenvalue weighted by atomic mass is 9.89. The minimum absolute atomic E-state index is 0.228. The third kappa shape index (κ3) is 2.16. The van der Waals surface area contributed by atoms with Crippen LogP contribution in [0, 0.1) is 0 Å². The van der Waals surface area contributed by atoms with Gasteiger partial charge in [0.1, 0.15) is 0 Å². The summed E-state index contributed by atoms with van der Waals surface area (Å²) in [6.07, 6.45) is -0.802. The number of aliphatic hydroxyl groups excluding tert-OH is 1. The maximum atomic E-state index is 11.0. The van der Waals surface area contributed by atoms with Gasteiger partial charge in [0.25, 0.3) is 0 Å². The van der Waals surface area contributed by atoms with Crippen molar-refractivity contribution in [2.75, 3.05) is 33.0 Å². The van der Waals surface area contributed by atoms with Gasteiger partial charge in [0.15, 0.2) is 29.2 Å². The number of methoxy groups -OCH3 is 2. The molecular formula is C21H19NO5. The second-order valence-corrected chi connectivity index (χ2v) is 6.67. The molecule has 2 aliphatic heterocycles. The molecule has 0 aliphatic carbocycles. The van der Waals surface area contributed by atoms with Gasteiger partial charge in [-0.2, -0.15) is 0 Å². The highest BCUT2D eigenvalue weighted by Gasteiger charge is 2.31. The molecule has 0 aromatic heterocycles. The van der Waals surface area contributed by atoms with E-state index in [9.17, 15) is 5.11 Å². The molecule has 3 aromatic rings. The van der Waals surface area contributed by atoms with Crippen LogP contribution in [0.5, 0.6) is 23.0 Å². The van der Waals surface area contributed by atoms with Crippen LogP contribution in [0.4, 0.5) is 5.69 Å². The summed E-state index contributed by atoms with van der Waals surface area (Å²) in [6.45, 7) is 0.228. The smallest absolute Gasteiger partial charge is 0.231 e. The van der Waals surface area contributed by atoms with Gasteiger partial charge < -0.3 is 29.0 Å². The van der Waals surface area contributed by atoms with Gasteiger partial charge in [0, 0.05) is 23.6 Å². The van der Waals surface area contributed by atoms with Crippen molar-refractivity contribution in [1.82, 2.24) is 0 Å². The Labute approximate surface area is 156 Å². The maximum absolute atomic E-state index is 11.0. The number of hydrogen-bond donors (Lipinski definition) is 1. The molecule has 0 saturated heterocycles. The van der Waals surface area contributed by atoms with Crippen LogP contribution in [0.3, 0.4) is 0 Å². The molecule has 2 aliphatic rings. The Hall–Kier alpha value is -3.12. The van der Waals surface area contributed by atoms with Crippen molar-refractivity contribution in [1.29, 1.82) is 0 Å². The third-order valence-electron chi connectivity index (χ3n) is 5.33. The lowest BCUT2D eigenvalue weighted by Crippen LogP contribution is -2.28. The van der Waals surface area contributed by atoms with Gasteiger partial charge in [0.2, 0.25) is 6.79 Å². The standard InChI is InChI=1S/C21H19NO5/c1-22-20-12(5-4-11-6-18-19(7-13(11)20)27-10-26-18)14-8-16(24-2)17(25-3)9-15(14)21(22)23/h4-9,21,23H,10H2,1-3H3/t21-/m0/s1. The summed E-state index contributed by atoms with van der Waals surface area (Å²) in [7, 11) is 5.08. The number of anilines is 1. The summed E-state index contributed by atoms with van der Waals surface area (Å²) < 4.78 is 21.9. The normalized spacial score (nSPS) is 16.9. The van der Waals surface area contributed by atoms with Crippen molar-refractivity contribution < 1.29 is 24.1 Å². The Morgan fingerprint density at radius 2 is 1.67 bits per heavy atom. The van der Waals surface area contributed by atoms with Crippen molar-refractivity contribution in [3.8, 4) is 34.1 Å². The quantitative estimate of drug-likeness (QED) is 0.747. The van der Waals surface area contributed by atoms with E-state index in [0.717, 1.165) is 44.6 Å². The molecule has 0 radical (unpaired) electrons. The highest BCUT2D eigenvalue weighted by Crippen LogP contribution is 2.51. The molecule has 1 N–H and O–H groups in total. The number of hydrogen-bond acceptors (Lipinski definition) is 6. The molecule has 1 atom stereocenters. The average Bonchev–Trinajstić information content (AvgIpc) is 3.15. The first-order chi connectivity index (χ1) is 13.1. The van der Waals surface area contributed by atoms with Crippen LogP contribution < -0.4 is 23.8 Å². The molecule has 0 bridgehead atoms. The minimum atomic E-state index is -0.802. The van der Waals surface area contributed by atoms with Gasteiger partial charge in [0.05, 0.1) is 19.9 Å². The zero-order valence-corrected chi connectivity index (χ0v) is 15.3. The van der Waals surface area contributed by atoms with Gasteiger partial charge in [-0.3, -0.25) is 0 Å². The van der Waals surface area contributed by atoms with E-state index in [4.69, 9.17) is 18.9 Å². The van der Waals surface area contributed by atoms with Crippen molar-refractivity contribution >= 4 is 16.5 Å². The molecule has 3 aromatic carbocycles. The predicted molar refractivity (Wildman–Crippen MR) is 102 cm³/mol. The zero-order valence-electron chi connectivity index (χ0n) is 15.3. The van der Waals surface area contributed by atoms with Gasteiger partial charge in [-0.1, -0.05) is 12.1 Å². The fourth-order valence-corrected chi connectivity index (χ4v) is 3.97. The average molecular weight is 365 g/mol. The second-order valence-electron chi connectivity index (χ2n) is 6.67. The number of benzene rings is 3. The van der Waals surface area contributed by atoms with Crippen LogP contribution in [0.1, 0.15) is 11.8 Å². The van der Waals surface area contributed by atoms with E-state index < -0.39 is 6.23 Å². The minimum Gasteiger partial charge on any atom is -0.493 e. The Kier molecular flexibility index (Phi) is 3.39. The maximum Gasteiger partial charge on any atom is 0.231 e. The molecule has 6 nitrogen and oxygen atoms in total. The molecule has 6 heteroatoms. The van der Waals surface area contributed by atoms with E-state index in [1.54, 1.807) is 14.2 Å². The van der Waals surface area contributed by atoms with E-state index in [1.807, 2.05) is 36.2 Å². The summed E-state index contributed by atoms with van der Waals surface area (Å²) in [5, 5.41) is 13.0. The van der Waals surface area contributed by atoms with E-state index in [0.29, 0.717) is 11.5 Å². The largest absolute Gasteiger partial charge is 0.493 e. The zero-order chi connectivity index (χ0) is 18.7. The van der Waals surface area contributed by atoms with Gasteiger partial charge in [-0.15, -0.1) is 0 Å². The summed E-state index contributed by atoms with van der Waals surface area (Å²) in [5.74, 6) is 2.69. The van der Waals surface area contributed by atoms with Crippen molar-refractivity contribution in [3.63, 3.8) is 0 Å². The van der Waals surface area contributed by atoms with Crippen LogP contribution >= 0.6 is 0 Å². The number of aliphatic hydroxyl groups is 1. The summed E-state index contributed by atoms with van der Waals surface area (Å²) in [6, 6.07) is 11.8. The van der Waals surface area contributed by atoms with E-state index in [-0.39, 0.29) is 6.79 Å². The monoisotopic (exact) mass is 365 g/mol. The molecule has 0 fully saturated rings. The molecule has 2 heterocycles. The highest BCUT2D eigenvalue weighted by molar-refractivity contribution is 6.05. The molecule has 0 saturated carbocycles. The first kappa shape index (κ1) is 16.1. The first-order valence-corrected chi connectivity index (χ1v) is 8.66. The fraction of sp³-hybridized carbons (Fsp3) is 0.238. The summed E-state index contributed by atoms with van der Waals surface area (Å²) in [5.41, 5.74) is 3.67. The molecule has 0 spiro atoms. The van der Waals surface area contributed by atoms with Crippen molar-refractivity contribution in [3.05, 3.63) is 42.0 Å². The Balaban J connectivity index is 1.82. The van der Waals surface area contributed by atoms with Crippen molar-refractivity contribution in [2.45, 2.75) is 6.23 Å². The van der Waals surface area contributed by atoms with Crippen molar-refractivity contribution in [2.24, 2.45) is 0 Å². The topological polar surface area (TPSA) is 60.4 Å². The van der Waals surface area contributed by atoms with Gasteiger partial charge in [-0.25, -0.2) is 0 Å². The van der Waals surface area contributed by atoms with Crippen LogP contribution in [-0.2, 0) is 0 Å². The fourth-order valence-electron chi connectivity index (χ4n) is 3.97. The number of nitrogens with zero attached hydrogens (tertiary/aromatic N) is 1. The van der Waals surface area contributed by atoms with Crippen LogP contribution in [0.2, 0.25) is 0 Å². The van der Waals surface area contributed by atoms with Crippen LogP contribution in [0.25, 0.3) is 21.9 Å². The second kappa shape index (κ2) is 5.69. The number of ether oxygens (including phenoxy) is 4. The van der Waals surface area contributed by atoms with Crippen LogP contribution in [0.15, 0.2) is 36.4 Å².